The molecule has 1 aliphatic rings. The van der Waals surface area contributed by atoms with Crippen molar-refractivity contribution in [3.05, 3.63) is 35.4 Å². The smallest absolute Gasteiger partial charge is 0.357 e. The topological polar surface area (TPSA) is 73.8 Å². The third-order valence-electron chi connectivity index (χ3n) is 4.59. The maximum atomic E-state index is 12.7. The Kier molecular flexibility index (Phi) is 8.33. The van der Waals surface area contributed by atoms with Crippen LogP contribution < -0.4 is 10.6 Å². The molecule has 6 nitrogen and oxygen atoms in total. The number of sulfone groups is 1. The van der Waals surface area contributed by atoms with E-state index in [1.807, 2.05) is 6.92 Å². The second kappa shape index (κ2) is 10.3. The minimum absolute atomic E-state index is 0.111. The van der Waals surface area contributed by atoms with Crippen LogP contribution in [-0.2, 0) is 22.6 Å². The van der Waals surface area contributed by atoms with Crippen LogP contribution in [0.15, 0.2) is 29.3 Å². The van der Waals surface area contributed by atoms with Gasteiger partial charge in [0.1, 0.15) is 9.84 Å². The Morgan fingerprint density at radius 2 is 1.97 bits per heavy atom. The van der Waals surface area contributed by atoms with Gasteiger partial charge in [-0.05, 0) is 37.5 Å². The van der Waals surface area contributed by atoms with Crippen LogP contribution in [-0.4, -0.2) is 63.5 Å². The highest BCUT2D eigenvalue weighted by Gasteiger charge is 2.30. The van der Waals surface area contributed by atoms with Gasteiger partial charge in [-0.15, -0.1) is 0 Å². The molecule has 0 bridgehead atoms. The molecule has 0 aromatic heterocycles. The molecule has 1 aromatic carbocycles. The first-order chi connectivity index (χ1) is 13.6. The van der Waals surface area contributed by atoms with E-state index < -0.39 is 21.6 Å². The molecule has 1 atom stereocenters. The van der Waals surface area contributed by atoms with Crippen molar-refractivity contribution in [2.24, 2.45) is 4.99 Å². The van der Waals surface area contributed by atoms with E-state index in [1.54, 1.807) is 0 Å². The van der Waals surface area contributed by atoms with Gasteiger partial charge in [0.15, 0.2) is 5.96 Å². The van der Waals surface area contributed by atoms with E-state index in [0.29, 0.717) is 32.0 Å². The van der Waals surface area contributed by atoms with Crippen molar-refractivity contribution in [2.45, 2.75) is 38.5 Å². The number of nitrogens with zero attached hydrogens (tertiary/aromatic N) is 2. The number of halogens is 3. The average Bonchev–Trinajstić information content (AvgIpc) is 3.04. The molecule has 1 aliphatic heterocycles. The van der Waals surface area contributed by atoms with Gasteiger partial charge in [0.25, 0.3) is 0 Å². The summed E-state index contributed by atoms with van der Waals surface area (Å²) in [7, 11) is -2.98. The molecular weight excluding hydrogens is 405 g/mol. The van der Waals surface area contributed by atoms with E-state index in [2.05, 4.69) is 20.5 Å². The average molecular weight is 435 g/mol. The molecular formula is C19H29F3N4O2S. The molecule has 1 aromatic rings. The van der Waals surface area contributed by atoms with Crippen molar-refractivity contribution in [3.63, 3.8) is 0 Å². The Balaban J connectivity index is 1.83. The number of aliphatic imine (C=N–C) groups is 1. The lowest BCUT2D eigenvalue weighted by Crippen LogP contribution is -2.44. The van der Waals surface area contributed by atoms with Crippen molar-refractivity contribution in [1.82, 2.24) is 15.5 Å². The highest BCUT2D eigenvalue weighted by molar-refractivity contribution is 7.90. The van der Waals surface area contributed by atoms with Gasteiger partial charge in [-0.3, -0.25) is 9.89 Å². The maximum Gasteiger partial charge on any atom is 0.416 e. The van der Waals surface area contributed by atoms with E-state index in [0.717, 1.165) is 37.2 Å². The van der Waals surface area contributed by atoms with E-state index in [4.69, 9.17) is 0 Å². The monoisotopic (exact) mass is 434 g/mol. The van der Waals surface area contributed by atoms with E-state index in [1.165, 1.54) is 18.4 Å². The second-order valence-electron chi connectivity index (χ2n) is 7.30. The largest absolute Gasteiger partial charge is 0.416 e. The quantitative estimate of drug-likeness (QED) is 0.373. The SMILES string of the molecule is CCNC(=NCCCS(C)(=O)=O)NC1CCN(Cc2ccc(C(F)(F)F)cc2)C1. The zero-order valence-corrected chi connectivity index (χ0v) is 17.6. The fraction of sp³-hybridized carbons (Fsp3) is 0.632. The summed E-state index contributed by atoms with van der Waals surface area (Å²) in [5, 5.41) is 6.51. The van der Waals surface area contributed by atoms with Crippen LogP contribution in [0.25, 0.3) is 0 Å². The van der Waals surface area contributed by atoms with E-state index in [9.17, 15) is 21.6 Å². The highest BCUT2D eigenvalue weighted by atomic mass is 32.2. The van der Waals surface area contributed by atoms with Gasteiger partial charge in [-0.2, -0.15) is 13.2 Å². The lowest BCUT2D eigenvalue weighted by atomic mass is 10.1. The van der Waals surface area contributed by atoms with Crippen LogP contribution in [0.5, 0.6) is 0 Å². The van der Waals surface area contributed by atoms with Gasteiger partial charge in [-0.25, -0.2) is 8.42 Å². The second-order valence-corrected chi connectivity index (χ2v) is 9.56. The zero-order valence-electron chi connectivity index (χ0n) is 16.8. The molecule has 1 fully saturated rings. The molecule has 1 unspecified atom stereocenters. The Hall–Kier alpha value is -1.81. The van der Waals surface area contributed by atoms with Crippen molar-refractivity contribution < 1.29 is 21.6 Å². The molecule has 10 heteroatoms. The van der Waals surface area contributed by atoms with Crippen LogP contribution in [0.4, 0.5) is 13.2 Å². The Morgan fingerprint density at radius 1 is 1.28 bits per heavy atom. The molecule has 0 spiro atoms. The molecule has 0 aliphatic carbocycles. The van der Waals surface area contributed by atoms with E-state index >= 15 is 0 Å². The van der Waals surface area contributed by atoms with Crippen LogP contribution in [0.3, 0.4) is 0 Å². The summed E-state index contributed by atoms with van der Waals surface area (Å²) in [6.45, 7) is 5.27. The third kappa shape index (κ3) is 8.61. The summed E-state index contributed by atoms with van der Waals surface area (Å²) in [4.78, 5) is 6.61. The Bertz CT molecular complexity index is 780. The summed E-state index contributed by atoms with van der Waals surface area (Å²) in [5.41, 5.74) is 0.213. The van der Waals surface area contributed by atoms with Crippen LogP contribution in [0.2, 0.25) is 0 Å². The molecule has 0 saturated carbocycles. The zero-order chi connectivity index (χ0) is 21.5. The summed E-state index contributed by atoms with van der Waals surface area (Å²) in [6, 6.07) is 5.46. The van der Waals surface area contributed by atoms with Crippen molar-refractivity contribution in [1.29, 1.82) is 0 Å². The third-order valence-corrected chi connectivity index (χ3v) is 5.62. The first kappa shape index (κ1) is 23.5. The number of likely N-dealkylation sites (tertiary alicyclic amines) is 1. The predicted octanol–water partition coefficient (Wildman–Crippen LogP) is 2.27. The maximum absolute atomic E-state index is 12.7. The van der Waals surface area contributed by atoms with Gasteiger partial charge in [0.2, 0.25) is 0 Å². The fourth-order valence-corrected chi connectivity index (χ4v) is 3.84. The van der Waals surface area contributed by atoms with Gasteiger partial charge < -0.3 is 10.6 Å². The molecule has 29 heavy (non-hydrogen) atoms. The molecule has 164 valence electrons. The van der Waals surface area contributed by atoms with Crippen LogP contribution in [0.1, 0.15) is 30.9 Å². The van der Waals surface area contributed by atoms with Crippen LogP contribution >= 0.6 is 0 Å². The normalized spacial score (nSPS) is 18.8. The molecule has 0 radical (unpaired) electrons. The molecule has 1 heterocycles. The number of alkyl halides is 3. The molecule has 0 amide bonds. The molecule has 2 rings (SSSR count). The molecule has 1 saturated heterocycles. The minimum Gasteiger partial charge on any atom is -0.357 e. The van der Waals surface area contributed by atoms with Gasteiger partial charge in [-0.1, -0.05) is 12.1 Å². The van der Waals surface area contributed by atoms with E-state index in [-0.39, 0.29) is 11.8 Å². The first-order valence-corrected chi connectivity index (χ1v) is 11.7. The Labute approximate surface area is 170 Å². The molecule has 2 N–H and O–H groups in total. The van der Waals surface area contributed by atoms with Crippen molar-refractivity contribution >= 4 is 15.8 Å². The Morgan fingerprint density at radius 3 is 2.55 bits per heavy atom. The summed E-state index contributed by atoms with van der Waals surface area (Å²) in [6.07, 6.45) is -1.73. The van der Waals surface area contributed by atoms with Gasteiger partial charge >= 0.3 is 6.18 Å². The minimum atomic E-state index is -4.31. The van der Waals surface area contributed by atoms with Crippen molar-refractivity contribution in [2.75, 3.05) is 38.2 Å². The van der Waals surface area contributed by atoms with Crippen LogP contribution in [0, 0.1) is 0 Å². The summed E-state index contributed by atoms with van der Waals surface area (Å²) >= 11 is 0. The highest BCUT2D eigenvalue weighted by Crippen LogP contribution is 2.29. The first-order valence-electron chi connectivity index (χ1n) is 9.68. The number of guanidine groups is 1. The summed E-state index contributed by atoms with van der Waals surface area (Å²) in [5.74, 6) is 0.766. The fourth-order valence-electron chi connectivity index (χ4n) is 3.18. The predicted molar refractivity (Wildman–Crippen MR) is 109 cm³/mol. The van der Waals surface area contributed by atoms with Gasteiger partial charge in [0, 0.05) is 45.0 Å². The lowest BCUT2D eigenvalue weighted by molar-refractivity contribution is -0.137. The number of nitrogens with one attached hydrogen (secondary N) is 2. The number of rotatable bonds is 8. The van der Waals surface area contributed by atoms with Gasteiger partial charge in [0.05, 0.1) is 11.3 Å². The lowest BCUT2D eigenvalue weighted by Gasteiger charge is -2.19. The number of benzene rings is 1. The summed E-state index contributed by atoms with van der Waals surface area (Å²) < 4.78 is 60.4. The number of hydrogen-bond acceptors (Lipinski definition) is 4. The number of hydrogen-bond donors (Lipinski definition) is 2. The standard InChI is InChI=1S/C19H29F3N4O2S/c1-3-23-18(24-10-4-12-29(2,27)28)25-17-9-11-26(14-17)13-15-5-7-16(8-6-15)19(20,21)22/h5-8,17H,3-4,9-14H2,1-2H3,(H2,23,24,25). The van der Waals surface area contributed by atoms with Crippen molar-refractivity contribution in [3.8, 4) is 0 Å².